The monoisotopic (exact) mass is 247 g/mol. The van der Waals surface area contributed by atoms with E-state index in [0.717, 1.165) is 31.1 Å². The number of likely N-dealkylation sites (tertiary alicyclic amines) is 1. The fourth-order valence-corrected chi connectivity index (χ4v) is 2.66. The highest BCUT2D eigenvalue weighted by molar-refractivity contribution is 6.59. The van der Waals surface area contributed by atoms with Crippen LogP contribution < -0.4 is 5.46 Å². The van der Waals surface area contributed by atoms with Crippen LogP contribution in [0.15, 0.2) is 24.3 Å². The zero-order chi connectivity index (χ0) is 13.1. The van der Waals surface area contributed by atoms with Crippen LogP contribution in [-0.4, -0.2) is 35.2 Å². The molecular weight excluding hydrogens is 225 g/mol. The van der Waals surface area contributed by atoms with E-state index in [1.807, 2.05) is 18.2 Å². The minimum atomic E-state index is -1.37. The Hall–Kier alpha value is -0.835. The molecule has 1 aromatic carbocycles. The largest absolute Gasteiger partial charge is 0.488 e. The predicted molar refractivity (Wildman–Crippen MR) is 74.5 cm³/mol. The third-order valence-electron chi connectivity index (χ3n) is 4.15. The summed E-state index contributed by atoms with van der Waals surface area (Å²) in [5.74, 6) is 1.50. The molecule has 0 bridgehead atoms. The smallest absolute Gasteiger partial charge is 0.423 e. The van der Waals surface area contributed by atoms with Gasteiger partial charge in [-0.05, 0) is 35.8 Å². The Labute approximate surface area is 110 Å². The summed E-state index contributed by atoms with van der Waals surface area (Å²) in [5, 5.41) is 18.7. The molecular formula is C14H22BNO2. The van der Waals surface area contributed by atoms with Crippen molar-refractivity contribution in [3.8, 4) is 0 Å². The van der Waals surface area contributed by atoms with Crippen molar-refractivity contribution in [2.45, 2.75) is 26.8 Å². The number of nitrogens with zero attached hydrogens (tertiary/aromatic N) is 1. The summed E-state index contributed by atoms with van der Waals surface area (Å²) in [7, 11) is -1.37. The zero-order valence-corrected chi connectivity index (χ0v) is 11.2. The van der Waals surface area contributed by atoms with Gasteiger partial charge in [-0.25, -0.2) is 0 Å². The van der Waals surface area contributed by atoms with Gasteiger partial charge >= 0.3 is 7.12 Å². The van der Waals surface area contributed by atoms with E-state index in [0.29, 0.717) is 11.4 Å². The summed E-state index contributed by atoms with van der Waals surface area (Å²) in [4.78, 5) is 2.41. The molecule has 0 spiro atoms. The van der Waals surface area contributed by atoms with Gasteiger partial charge in [0.05, 0.1) is 0 Å². The molecule has 1 saturated heterocycles. The molecule has 1 aliphatic heterocycles. The lowest BCUT2D eigenvalue weighted by molar-refractivity contribution is 0.132. The van der Waals surface area contributed by atoms with Crippen LogP contribution in [0.2, 0.25) is 0 Å². The number of rotatable bonds is 3. The number of hydrogen-bond acceptors (Lipinski definition) is 3. The van der Waals surface area contributed by atoms with Crippen LogP contribution >= 0.6 is 0 Å². The fraction of sp³-hybridized carbons (Fsp3) is 0.571. The molecule has 0 amide bonds. The zero-order valence-electron chi connectivity index (χ0n) is 11.2. The lowest BCUT2D eigenvalue weighted by atomic mass is 9.76. The van der Waals surface area contributed by atoms with E-state index >= 15 is 0 Å². The van der Waals surface area contributed by atoms with E-state index in [-0.39, 0.29) is 0 Å². The Morgan fingerprint density at radius 2 is 1.94 bits per heavy atom. The molecule has 0 aromatic heterocycles. The third kappa shape index (κ3) is 3.13. The first-order valence-electron chi connectivity index (χ1n) is 6.74. The Morgan fingerprint density at radius 3 is 2.61 bits per heavy atom. The van der Waals surface area contributed by atoms with Gasteiger partial charge in [-0.15, -0.1) is 0 Å². The molecule has 3 nitrogen and oxygen atoms in total. The van der Waals surface area contributed by atoms with E-state index in [9.17, 15) is 10.0 Å². The fourth-order valence-electron chi connectivity index (χ4n) is 2.66. The second kappa shape index (κ2) is 5.87. The number of benzene rings is 1. The van der Waals surface area contributed by atoms with Crippen molar-refractivity contribution in [1.29, 1.82) is 0 Å². The Balaban J connectivity index is 2.06. The van der Waals surface area contributed by atoms with Gasteiger partial charge in [0.15, 0.2) is 0 Å². The highest BCUT2D eigenvalue weighted by Gasteiger charge is 2.24. The Kier molecular flexibility index (Phi) is 4.43. The van der Waals surface area contributed by atoms with Crippen molar-refractivity contribution < 1.29 is 10.0 Å². The average molecular weight is 247 g/mol. The van der Waals surface area contributed by atoms with Crippen molar-refractivity contribution >= 4 is 12.6 Å². The SMILES string of the molecule is CC1CCN(Cc2ccccc2B(O)O)CC1C. The average Bonchev–Trinajstić information content (AvgIpc) is 2.34. The number of piperidine rings is 1. The maximum absolute atomic E-state index is 9.37. The molecule has 0 radical (unpaired) electrons. The van der Waals surface area contributed by atoms with Crippen LogP contribution in [0.3, 0.4) is 0 Å². The molecule has 2 N–H and O–H groups in total. The molecule has 1 fully saturated rings. The van der Waals surface area contributed by atoms with Gasteiger partial charge in [0.2, 0.25) is 0 Å². The summed E-state index contributed by atoms with van der Waals surface area (Å²) >= 11 is 0. The molecule has 1 aliphatic rings. The quantitative estimate of drug-likeness (QED) is 0.778. The molecule has 2 rings (SSSR count). The topological polar surface area (TPSA) is 43.7 Å². The minimum absolute atomic E-state index is 0.628. The summed E-state index contributed by atoms with van der Waals surface area (Å²) in [5.41, 5.74) is 1.65. The van der Waals surface area contributed by atoms with Crippen LogP contribution in [0.4, 0.5) is 0 Å². The highest BCUT2D eigenvalue weighted by atomic mass is 16.4. The van der Waals surface area contributed by atoms with Crippen LogP contribution in [0.5, 0.6) is 0 Å². The Bertz CT molecular complexity index is 397. The van der Waals surface area contributed by atoms with E-state index < -0.39 is 7.12 Å². The highest BCUT2D eigenvalue weighted by Crippen LogP contribution is 2.23. The lowest BCUT2D eigenvalue weighted by Gasteiger charge is -2.35. The van der Waals surface area contributed by atoms with Gasteiger partial charge in [-0.1, -0.05) is 38.1 Å². The van der Waals surface area contributed by atoms with Crippen LogP contribution in [0, 0.1) is 11.8 Å². The first kappa shape index (κ1) is 13.6. The first-order valence-corrected chi connectivity index (χ1v) is 6.74. The van der Waals surface area contributed by atoms with Crippen molar-refractivity contribution in [2.75, 3.05) is 13.1 Å². The second-order valence-corrected chi connectivity index (χ2v) is 5.55. The van der Waals surface area contributed by atoms with E-state index in [2.05, 4.69) is 18.7 Å². The second-order valence-electron chi connectivity index (χ2n) is 5.55. The molecule has 0 saturated carbocycles. The summed E-state index contributed by atoms with van der Waals surface area (Å²) in [6, 6.07) is 7.57. The Morgan fingerprint density at radius 1 is 1.22 bits per heavy atom. The normalized spacial score (nSPS) is 25.1. The standard InChI is InChI=1S/C14H22BNO2/c1-11-7-8-16(9-12(11)2)10-13-5-3-4-6-14(13)15(17)18/h3-6,11-12,17-18H,7-10H2,1-2H3. The lowest BCUT2D eigenvalue weighted by Crippen LogP contribution is -2.41. The van der Waals surface area contributed by atoms with E-state index in [1.54, 1.807) is 6.07 Å². The van der Waals surface area contributed by atoms with Gasteiger partial charge < -0.3 is 10.0 Å². The van der Waals surface area contributed by atoms with Crippen LogP contribution in [-0.2, 0) is 6.54 Å². The molecule has 1 aromatic rings. The molecule has 18 heavy (non-hydrogen) atoms. The third-order valence-corrected chi connectivity index (χ3v) is 4.15. The maximum atomic E-state index is 9.37. The molecule has 98 valence electrons. The summed E-state index contributed by atoms with van der Waals surface area (Å²) < 4.78 is 0. The van der Waals surface area contributed by atoms with Gasteiger partial charge in [0.1, 0.15) is 0 Å². The minimum Gasteiger partial charge on any atom is -0.423 e. The van der Waals surface area contributed by atoms with Crippen molar-refractivity contribution in [2.24, 2.45) is 11.8 Å². The van der Waals surface area contributed by atoms with Crippen molar-refractivity contribution in [3.05, 3.63) is 29.8 Å². The number of hydrogen-bond donors (Lipinski definition) is 2. The van der Waals surface area contributed by atoms with Crippen molar-refractivity contribution in [1.82, 2.24) is 4.90 Å². The first-order chi connectivity index (χ1) is 8.58. The van der Waals surface area contributed by atoms with Gasteiger partial charge in [0.25, 0.3) is 0 Å². The van der Waals surface area contributed by atoms with Crippen LogP contribution in [0.1, 0.15) is 25.8 Å². The van der Waals surface area contributed by atoms with Gasteiger partial charge in [-0.3, -0.25) is 4.90 Å². The van der Waals surface area contributed by atoms with Gasteiger partial charge in [-0.2, -0.15) is 0 Å². The molecule has 0 aliphatic carbocycles. The van der Waals surface area contributed by atoms with Crippen molar-refractivity contribution in [3.63, 3.8) is 0 Å². The predicted octanol–water partition coefficient (Wildman–Crippen LogP) is 0.844. The molecule has 2 atom stereocenters. The van der Waals surface area contributed by atoms with E-state index in [4.69, 9.17) is 0 Å². The molecule has 4 heteroatoms. The van der Waals surface area contributed by atoms with Crippen LogP contribution in [0.25, 0.3) is 0 Å². The summed E-state index contributed by atoms with van der Waals surface area (Å²) in [6.07, 6.45) is 1.23. The van der Waals surface area contributed by atoms with E-state index in [1.165, 1.54) is 6.42 Å². The van der Waals surface area contributed by atoms with Gasteiger partial charge in [0, 0.05) is 13.1 Å². The summed E-state index contributed by atoms with van der Waals surface area (Å²) in [6.45, 7) is 7.61. The molecule has 2 unspecified atom stereocenters. The maximum Gasteiger partial charge on any atom is 0.488 e. The molecule has 1 heterocycles.